The highest BCUT2D eigenvalue weighted by Crippen LogP contribution is 2.32. The fraction of sp³-hybridized carbons (Fsp3) is 0.175. The van der Waals surface area contributed by atoms with Gasteiger partial charge < -0.3 is 9.80 Å². The first-order valence-corrected chi connectivity index (χ1v) is 15.8. The van der Waals surface area contributed by atoms with E-state index < -0.39 is 23.7 Å². The standard InChI is InChI=1S/C40H34F3N3O2/c41-40(42,43)35-15-7-6-13-32(35)21-22-38(47)46(27-30-17-19-33(20-18-30)36-16-8-9-24-44-36)37(26-29-10-2-1-3-11-29)39(48)45-25-23-31-12-4-5-14-34(31)28-45/h1-22,24,37H,23,25-28H2. The van der Waals surface area contributed by atoms with Crippen molar-refractivity contribution in [1.82, 2.24) is 14.8 Å². The van der Waals surface area contributed by atoms with Crippen LogP contribution in [0.25, 0.3) is 17.3 Å². The molecular formula is C40H34F3N3O2. The van der Waals surface area contributed by atoms with Crippen LogP contribution < -0.4 is 0 Å². The highest BCUT2D eigenvalue weighted by Gasteiger charge is 2.35. The zero-order chi connectivity index (χ0) is 33.5. The highest BCUT2D eigenvalue weighted by molar-refractivity contribution is 5.96. The molecule has 5 nitrogen and oxygen atoms in total. The summed E-state index contributed by atoms with van der Waals surface area (Å²) >= 11 is 0. The Morgan fingerprint density at radius 2 is 1.48 bits per heavy atom. The molecule has 4 aromatic carbocycles. The molecule has 0 aliphatic carbocycles. The second-order valence-electron chi connectivity index (χ2n) is 11.8. The first-order chi connectivity index (χ1) is 23.3. The number of halogens is 3. The third-order valence-electron chi connectivity index (χ3n) is 8.60. The molecule has 0 saturated heterocycles. The van der Waals surface area contributed by atoms with E-state index in [1.807, 2.05) is 91.0 Å². The number of aromatic nitrogens is 1. The van der Waals surface area contributed by atoms with Gasteiger partial charge in [0.15, 0.2) is 0 Å². The minimum atomic E-state index is -4.59. The predicted molar refractivity (Wildman–Crippen MR) is 180 cm³/mol. The van der Waals surface area contributed by atoms with Gasteiger partial charge in [0.1, 0.15) is 6.04 Å². The lowest BCUT2D eigenvalue weighted by molar-refractivity contribution is -0.144. The monoisotopic (exact) mass is 645 g/mol. The van der Waals surface area contributed by atoms with Crippen LogP contribution in [0.3, 0.4) is 0 Å². The van der Waals surface area contributed by atoms with E-state index in [4.69, 9.17) is 0 Å². The maximum Gasteiger partial charge on any atom is 0.416 e. The zero-order valence-corrected chi connectivity index (χ0v) is 26.2. The van der Waals surface area contributed by atoms with Gasteiger partial charge in [-0.15, -0.1) is 0 Å². The van der Waals surface area contributed by atoms with E-state index in [1.165, 1.54) is 34.7 Å². The van der Waals surface area contributed by atoms with E-state index in [-0.39, 0.29) is 24.4 Å². The average Bonchev–Trinajstić information content (AvgIpc) is 3.12. The largest absolute Gasteiger partial charge is 0.416 e. The van der Waals surface area contributed by atoms with Crippen molar-refractivity contribution in [3.63, 3.8) is 0 Å². The smallest absolute Gasteiger partial charge is 0.336 e. The summed E-state index contributed by atoms with van der Waals surface area (Å²) in [4.78, 5) is 36.3. The minimum Gasteiger partial charge on any atom is -0.336 e. The van der Waals surface area contributed by atoms with Crippen LogP contribution in [0.5, 0.6) is 0 Å². The van der Waals surface area contributed by atoms with Crippen molar-refractivity contribution in [3.05, 3.63) is 167 Å². The number of hydrogen-bond acceptors (Lipinski definition) is 3. The Balaban J connectivity index is 1.37. The molecule has 48 heavy (non-hydrogen) atoms. The summed E-state index contributed by atoms with van der Waals surface area (Å²) in [6, 6.07) is 34.9. The molecule has 1 aliphatic heterocycles. The molecule has 1 unspecified atom stereocenters. The second kappa shape index (κ2) is 14.5. The van der Waals surface area contributed by atoms with Gasteiger partial charge in [-0.05, 0) is 58.5 Å². The van der Waals surface area contributed by atoms with Crippen molar-refractivity contribution in [3.8, 4) is 11.3 Å². The number of rotatable bonds is 9. The molecule has 0 saturated carbocycles. The molecule has 242 valence electrons. The van der Waals surface area contributed by atoms with Crippen molar-refractivity contribution in [1.29, 1.82) is 0 Å². The van der Waals surface area contributed by atoms with Crippen molar-refractivity contribution < 1.29 is 22.8 Å². The van der Waals surface area contributed by atoms with Gasteiger partial charge in [0.25, 0.3) is 0 Å². The van der Waals surface area contributed by atoms with Crippen LogP contribution in [0, 0.1) is 0 Å². The number of alkyl halides is 3. The molecule has 5 aromatic rings. The molecular weight excluding hydrogens is 611 g/mol. The van der Waals surface area contributed by atoms with Crippen molar-refractivity contribution in [2.45, 2.75) is 38.1 Å². The lowest BCUT2D eigenvalue weighted by Gasteiger charge is -2.37. The number of pyridine rings is 1. The topological polar surface area (TPSA) is 53.5 Å². The van der Waals surface area contributed by atoms with Gasteiger partial charge in [-0.25, -0.2) is 0 Å². The predicted octanol–water partition coefficient (Wildman–Crippen LogP) is 8.01. The summed E-state index contributed by atoms with van der Waals surface area (Å²) in [7, 11) is 0. The van der Waals surface area contributed by atoms with Crippen LogP contribution in [0.4, 0.5) is 13.2 Å². The van der Waals surface area contributed by atoms with Crippen LogP contribution in [-0.4, -0.2) is 39.2 Å². The van der Waals surface area contributed by atoms with E-state index in [0.717, 1.165) is 40.1 Å². The number of carbonyl (C=O) groups is 2. The summed E-state index contributed by atoms with van der Waals surface area (Å²) in [6.07, 6.45) is 0.383. The number of carbonyl (C=O) groups excluding carboxylic acids is 2. The molecule has 0 fully saturated rings. The number of hydrogen-bond donors (Lipinski definition) is 0. The zero-order valence-electron chi connectivity index (χ0n) is 26.2. The summed E-state index contributed by atoms with van der Waals surface area (Å²) in [6.45, 7) is 0.979. The number of fused-ring (bicyclic) bond motifs is 1. The van der Waals surface area contributed by atoms with Gasteiger partial charge in [0, 0.05) is 43.9 Å². The molecule has 2 heterocycles. The van der Waals surface area contributed by atoms with Crippen LogP contribution in [0.2, 0.25) is 0 Å². The second-order valence-corrected chi connectivity index (χ2v) is 11.8. The van der Waals surface area contributed by atoms with Crippen LogP contribution in [-0.2, 0) is 41.7 Å². The Bertz CT molecular complexity index is 1890. The maximum atomic E-state index is 14.5. The third kappa shape index (κ3) is 7.72. The lowest BCUT2D eigenvalue weighted by atomic mass is 9.97. The van der Waals surface area contributed by atoms with E-state index in [1.54, 1.807) is 11.1 Å². The van der Waals surface area contributed by atoms with E-state index in [2.05, 4.69) is 11.1 Å². The third-order valence-corrected chi connectivity index (χ3v) is 8.60. The molecule has 0 radical (unpaired) electrons. The molecule has 1 aliphatic rings. The van der Waals surface area contributed by atoms with Gasteiger partial charge in [-0.1, -0.05) is 103 Å². The summed E-state index contributed by atoms with van der Waals surface area (Å²) in [5, 5.41) is 0. The van der Waals surface area contributed by atoms with Gasteiger partial charge in [0.05, 0.1) is 11.3 Å². The molecule has 8 heteroatoms. The van der Waals surface area contributed by atoms with Gasteiger partial charge in [-0.3, -0.25) is 14.6 Å². The Kier molecular flexibility index (Phi) is 9.80. The Labute approximate surface area is 278 Å². The summed E-state index contributed by atoms with van der Waals surface area (Å²) in [5.41, 5.74) is 4.60. The van der Waals surface area contributed by atoms with E-state index in [0.29, 0.717) is 19.5 Å². The summed E-state index contributed by atoms with van der Waals surface area (Å²) < 4.78 is 41.3. The summed E-state index contributed by atoms with van der Waals surface area (Å²) in [5.74, 6) is -0.775. The highest BCUT2D eigenvalue weighted by atomic mass is 19.4. The normalized spacial score (nSPS) is 13.6. The molecule has 1 atom stereocenters. The number of nitrogens with zero attached hydrogens (tertiary/aromatic N) is 3. The van der Waals surface area contributed by atoms with Crippen molar-refractivity contribution >= 4 is 17.9 Å². The first kappa shape index (κ1) is 32.4. The molecule has 0 bridgehead atoms. The maximum absolute atomic E-state index is 14.5. The van der Waals surface area contributed by atoms with Crippen LogP contribution in [0.15, 0.2) is 134 Å². The first-order valence-electron chi connectivity index (χ1n) is 15.8. The van der Waals surface area contributed by atoms with Gasteiger partial charge >= 0.3 is 6.18 Å². The van der Waals surface area contributed by atoms with Gasteiger partial charge in [0.2, 0.25) is 11.8 Å². The fourth-order valence-electron chi connectivity index (χ4n) is 6.07. The molecule has 1 aromatic heterocycles. The fourth-order valence-corrected chi connectivity index (χ4v) is 6.07. The molecule has 2 amide bonds. The van der Waals surface area contributed by atoms with E-state index in [9.17, 15) is 22.8 Å². The Morgan fingerprint density at radius 3 is 2.21 bits per heavy atom. The molecule has 6 rings (SSSR count). The average molecular weight is 646 g/mol. The molecule has 0 N–H and O–H groups in total. The molecule has 0 spiro atoms. The quantitative estimate of drug-likeness (QED) is 0.153. The van der Waals surface area contributed by atoms with Crippen molar-refractivity contribution in [2.24, 2.45) is 0 Å². The number of amides is 2. The van der Waals surface area contributed by atoms with Gasteiger partial charge in [-0.2, -0.15) is 13.2 Å². The SMILES string of the molecule is O=C(C(Cc1ccccc1)N(Cc1ccc(-c2ccccn2)cc1)C(=O)C=Cc1ccccc1C(F)(F)F)N1CCc2ccccc2C1. The van der Waals surface area contributed by atoms with Crippen molar-refractivity contribution in [2.75, 3.05) is 6.54 Å². The van der Waals surface area contributed by atoms with Crippen LogP contribution in [0.1, 0.15) is 33.4 Å². The van der Waals surface area contributed by atoms with E-state index >= 15 is 0 Å². The number of benzene rings is 4. The Hall–Kier alpha value is -5.50. The lowest BCUT2D eigenvalue weighted by Crippen LogP contribution is -2.52. The van der Waals surface area contributed by atoms with Crippen LogP contribution >= 0.6 is 0 Å². The minimum absolute atomic E-state index is 0.0697. The Morgan fingerprint density at radius 1 is 0.792 bits per heavy atom.